The van der Waals surface area contributed by atoms with Crippen LogP contribution in [-0.2, 0) is 6.54 Å². The molecule has 1 aromatic rings. The van der Waals surface area contributed by atoms with E-state index < -0.39 is 0 Å². The van der Waals surface area contributed by atoms with Gasteiger partial charge in [0.15, 0.2) is 0 Å². The highest BCUT2D eigenvalue weighted by Crippen LogP contribution is 2.22. The summed E-state index contributed by atoms with van der Waals surface area (Å²) >= 11 is 0. The van der Waals surface area contributed by atoms with Crippen molar-refractivity contribution in [2.45, 2.75) is 33.4 Å². The van der Waals surface area contributed by atoms with Gasteiger partial charge >= 0.3 is 0 Å². The molecule has 0 heterocycles. The van der Waals surface area contributed by atoms with Crippen LogP contribution in [0.25, 0.3) is 0 Å². The zero-order valence-electron chi connectivity index (χ0n) is 10.9. The van der Waals surface area contributed by atoms with Crippen molar-refractivity contribution >= 4 is 5.69 Å². The standard InChI is InChI=1S/C13H17N3O2/c1-10(2)15(8-7-14)9-12-5-4-6-13(11(12)3)16(17)18/h4-6,10H,8-9H2,1-3H3. The van der Waals surface area contributed by atoms with Crippen LogP contribution in [0, 0.1) is 28.4 Å². The van der Waals surface area contributed by atoms with Crippen molar-refractivity contribution in [1.82, 2.24) is 4.90 Å². The van der Waals surface area contributed by atoms with Crippen LogP contribution in [0.1, 0.15) is 25.0 Å². The summed E-state index contributed by atoms with van der Waals surface area (Å²) in [6.07, 6.45) is 0. The predicted molar refractivity (Wildman–Crippen MR) is 69.0 cm³/mol. The van der Waals surface area contributed by atoms with Gasteiger partial charge in [0.05, 0.1) is 17.5 Å². The second-order valence-electron chi connectivity index (χ2n) is 4.48. The Kier molecular flexibility index (Phi) is 4.81. The molecule has 0 fully saturated rings. The van der Waals surface area contributed by atoms with Crippen LogP contribution in [0.15, 0.2) is 18.2 Å². The third kappa shape index (κ3) is 3.28. The highest BCUT2D eigenvalue weighted by atomic mass is 16.6. The van der Waals surface area contributed by atoms with Crippen LogP contribution in [0.5, 0.6) is 0 Å². The third-order valence-electron chi connectivity index (χ3n) is 2.99. The molecule has 1 rings (SSSR count). The van der Waals surface area contributed by atoms with Gasteiger partial charge in [-0.15, -0.1) is 0 Å². The average Bonchev–Trinajstić information content (AvgIpc) is 2.30. The molecule has 0 N–H and O–H groups in total. The Morgan fingerprint density at radius 2 is 2.17 bits per heavy atom. The smallest absolute Gasteiger partial charge is 0.272 e. The van der Waals surface area contributed by atoms with Crippen LogP contribution in [0.3, 0.4) is 0 Å². The summed E-state index contributed by atoms with van der Waals surface area (Å²) in [5.41, 5.74) is 1.70. The average molecular weight is 247 g/mol. The van der Waals surface area contributed by atoms with E-state index in [1.807, 2.05) is 24.8 Å². The predicted octanol–water partition coefficient (Wildman–Crippen LogP) is 2.64. The van der Waals surface area contributed by atoms with E-state index in [9.17, 15) is 10.1 Å². The first-order valence-electron chi connectivity index (χ1n) is 5.81. The normalized spacial score (nSPS) is 10.7. The lowest BCUT2D eigenvalue weighted by molar-refractivity contribution is -0.385. The zero-order valence-corrected chi connectivity index (χ0v) is 10.9. The van der Waals surface area contributed by atoms with E-state index in [-0.39, 0.29) is 16.7 Å². The number of benzene rings is 1. The lowest BCUT2D eigenvalue weighted by Crippen LogP contribution is -2.30. The molecule has 0 saturated carbocycles. The Morgan fingerprint density at radius 1 is 1.50 bits per heavy atom. The van der Waals surface area contributed by atoms with Crippen molar-refractivity contribution in [2.75, 3.05) is 6.54 Å². The van der Waals surface area contributed by atoms with Crippen LogP contribution in [-0.4, -0.2) is 22.4 Å². The lowest BCUT2D eigenvalue weighted by Gasteiger charge is -2.24. The van der Waals surface area contributed by atoms with Crippen LogP contribution in [0.2, 0.25) is 0 Å². The van der Waals surface area contributed by atoms with Gasteiger partial charge in [-0.05, 0) is 26.3 Å². The molecule has 5 nitrogen and oxygen atoms in total. The zero-order chi connectivity index (χ0) is 13.7. The Morgan fingerprint density at radius 3 is 2.67 bits per heavy atom. The van der Waals surface area contributed by atoms with Crippen molar-refractivity contribution < 1.29 is 4.92 Å². The SMILES string of the molecule is Cc1c(CN(CC#N)C(C)C)cccc1[N+](=O)[O-]. The van der Waals surface area contributed by atoms with Gasteiger partial charge in [0.1, 0.15) is 0 Å². The minimum Gasteiger partial charge on any atom is -0.284 e. The molecule has 0 amide bonds. The molecule has 5 heteroatoms. The maximum Gasteiger partial charge on any atom is 0.272 e. The Labute approximate surface area is 107 Å². The quantitative estimate of drug-likeness (QED) is 0.455. The highest BCUT2D eigenvalue weighted by Gasteiger charge is 2.16. The first-order chi connectivity index (χ1) is 8.47. The van der Waals surface area contributed by atoms with E-state index in [0.717, 1.165) is 5.56 Å². The maximum absolute atomic E-state index is 10.9. The minimum absolute atomic E-state index is 0.133. The summed E-state index contributed by atoms with van der Waals surface area (Å²) in [4.78, 5) is 12.5. The second kappa shape index (κ2) is 6.12. The van der Waals surface area contributed by atoms with E-state index in [0.29, 0.717) is 18.7 Å². The number of nitro benzene ring substituents is 1. The fraction of sp³-hybridized carbons (Fsp3) is 0.462. The monoisotopic (exact) mass is 247 g/mol. The first kappa shape index (κ1) is 14.1. The Balaban J connectivity index is 3.00. The topological polar surface area (TPSA) is 70.2 Å². The largest absolute Gasteiger partial charge is 0.284 e. The summed E-state index contributed by atoms with van der Waals surface area (Å²) in [5.74, 6) is 0. The molecule has 0 radical (unpaired) electrons. The van der Waals surface area contributed by atoms with Crippen molar-refractivity contribution in [2.24, 2.45) is 0 Å². The maximum atomic E-state index is 10.9. The second-order valence-corrected chi connectivity index (χ2v) is 4.48. The fourth-order valence-corrected chi connectivity index (χ4v) is 1.77. The molecule has 0 spiro atoms. The fourth-order valence-electron chi connectivity index (χ4n) is 1.77. The number of nitro groups is 1. The van der Waals surface area contributed by atoms with Gasteiger partial charge in [-0.3, -0.25) is 15.0 Å². The van der Waals surface area contributed by atoms with E-state index in [1.54, 1.807) is 13.0 Å². The van der Waals surface area contributed by atoms with Gasteiger partial charge < -0.3 is 0 Å². The van der Waals surface area contributed by atoms with Gasteiger partial charge in [-0.25, -0.2) is 0 Å². The lowest BCUT2D eigenvalue weighted by atomic mass is 10.1. The number of nitriles is 1. The minimum atomic E-state index is -0.372. The van der Waals surface area contributed by atoms with E-state index >= 15 is 0 Å². The number of hydrogen-bond donors (Lipinski definition) is 0. The van der Waals surface area contributed by atoms with Gasteiger partial charge in [0, 0.05) is 24.2 Å². The molecule has 18 heavy (non-hydrogen) atoms. The first-order valence-corrected chi connectivity index (χ1v) is 5.81. The van der Waals surface area contributed by atoms with Crippen LogP contribution >= 0.6 is 0 Å². The molecule has 0 bridgehead atoms. The van der Waals surface area contributed by atoms with E-state index in [1.165, 1.54) is 6.07 Å². The highest BCUT2D eigenvalue weighted by molar-refractivity contribution is 5.44. The summed E-state index contributed by atoms with van der Waals surface area (Å²) in [6.45, 7) is 6.63. The number of hydrogen-bond acceptors (Lipinski definition) is 4. The van der Waals surface area contributed by atoms with Gasteiger partial charge in [-0.1, -0.05) is 12.1 Å². The molecular weight excluding hydrogens is 230 g/mol. The molecule has 0 aliphatic heterocycles. The third-order valence-corrected chi connectivity index (χ3v) is 2.99. The Bertz CT molecular complexity index is 478. The summed E-state index contributed by atoms with van der Waals surface area (Å²) in [5, 5.41) is 19.6. The molecule has 96 valence electrons. The van der Waals surface area contributed by atoms with Crippen molar-refractivity contribution in [3.63, 3.8) is 0 Å². The van der Waals surface area contributed by atoms with Crippen molar-refractivity contribution in [3.8, 4) is 6.07 Å². The number of rotatable bonds is 5. The molecule has 0 aliphatic carbocycles. The molecule has 0 aliphatic rings. The van der Waals surface area contributed by atoms with Crippen molar-refractivity contribution in [1.29, 1.82) is 5.26 Å². The molecule has 0 aromatic heterocycles. The molecule has 0 atom stereocenters. The van der Waals surface area contributed by atoms with E-state index in [4.69, 9.17) is 5.26 Å². The van der Waals surface area contributed by atoms with Crippen LogP contribution in [0.4, 0.5) is 5.69 Å². The molecule has 1 aromatic carbocycles. The summed E-state index contributed by atoms with van der Waals surface area (Å²) in [6, 6.07) is 7.40. The molecular formula is C13H17N3O2. The van der Waals surface area contributed by atoms with Gasteiger partial charge in [0.25, 0.3) is 5.69 Å². The summed E-state index contributed by atoms with van der Waals surface area (Å²) < 4.78 is 0. The van der Waals surface area contributed by atoms with Gasteiger partial charge in [0.2, 0.25) is 0 Å². The molecule has 0 unspecified atom stereocenters. The van der Waals surface area contributed by atoms with E-state index in [2.05, 4.69) is 6.07 Å². The number of nitrogens with zero attached hydrogens (tertiary/aromatic N) is 3. The summed E-state index contributed by atoms with van der Waals surface area (Å²) in [7, 11) is 0. The van der Waals surface area contributed by atoms with Crippen molar-refractivity contribution in [3.05, 3.63) is 39.4 Å². The Hall–Kier alpha value is -1.93. The molecule has 0 saturated heterocycles. The van der Waals surface area contributed by atoms with Gasteiger partial charge in [-0.2, -0.15) is 5.26 Å². The van der Waals surface area contributed by atoms with Crippen LogP contribution < -0.4 is 0 Å².